The lowest BCUT2D eigenvalue weighted by Gasteiger charge is -2.26. The zero-order valence-electron chi connectivity index (χ0n) is 10.8. The van der Waals surface area contributed by atoms with Crippen molar-refractivity contribution >= 4 is 11.6 Å². The Bertz CT molecular complexity index is 444. The van der Waals surface area contributed by atoms with Gasteiger partial charge in [-0.2, -0.15) is 13.2 Å². The van der Waals surface area contributed by atoms with E-state index in [1.807, 2.05) is 0 Å². The van der Waals surface area contributed by atoms with E-state index in [0.717, 1.165) is 0 Å². The summed E-state index contributed by atoms with van der Waals surface area (Å²) in [6.45, 7) is 3.18. The van der Waals surface area contributed by atoms with Gasteiger partial charge in [-0.25, -0.2) is 15.8 Å². The van der Waals surface area contributed by atoms with Crippen LogP contribution in [-0.2, 0) is 6.18 Å². The molecule has 1 aromatic heterocycles. The predicted octanol–water partition coefficient (Wildman–Crippen LogP) is 0.988. The molecule has 0 radical (unpaired) electrons. The monoisotopic (exact) mass is 279 g/mol. The van der Waals surface area contributed by atoms with Crippen molar-refractivity contribution in [1.82, 2.24) is 9.97 Å². The fourth-order valence-corrected chi connectivity index (χ4v) is 1.49. The molecule has 0 atom stereocenters. The molecule has 1 rings (SSSR count). The molecule has 0 saturated heterocycles. The van der Waals surface area contributed by atoms with Crippen LogP contribution < -0.4 is 16.2 Å². The van der Waals surface area contributed by atoms with Crippen LogP contribution in [0.3, 0.4) is 0 Å². The quantitative estimate of drug-likeness (QED) is 0.563. The molecule has 0 fully saturated rings. The maximum atomic E-state index is 12.6. The number of aromatic nitrogens is 2. The van der Waals surface area contributed by atoms with Gasteiger partial charge < -0.3 is 15.4 Å². The number of nitrogens with one attached hydrogen (secondary N) is 1. The van der Waals surface area contributed by atoms with E-state index in [-0.39, 0.29) is 18.2 Å². The molecule has 4 N–H and O–H groups in total. The van der Waals surface area contributed by atoms with Crippen LogP contribution in [0.15, 0.2) is 6.07 Å². The third-order valence-corrected chi connectivity index (χ3v) is 2.13. The number of alkyl halides is 3. The number of halogens is 3. The molecule has 9 heteroatoms. The number of hydrogen-bond acceptors (Lipinski definition) is 6. The molecule has 0 spiro atoms. The molecule has 0 aliphatic carbocycles. The van der Waals surface area contributed by atoms with Crippen molar-refractivity contribution in [3.8, 4) is 0 Å². The topological polar surface area (TPSA) is 87.3 Å². The number of anilines is 2. The third kappa shape index (κ3) is 4.52. The minimum absolute atomic E-state index is 0.0115. The third-order valence-electron chi connectivity index (χ3n) is 2.13. The Balaban J connectivity index is 3.13. The second-order valence-electron chi connectivity index (χ2n) is 4.75. The molecule has 0 bridgehead atoms. The van der Waals surface area contributed by atoms with Gasteiger partial charge in [0.2, 0.25) is 5.82 Å². The largest absolute Gasteiger partial charge is 0.451 e. The van der Waals surface area contributed by atoms with Gasteiger partial charge in [-0.1, -0.05) is 0 Å². The first-order valence-corrected chi connectivity index (χ1v) is 5.39. The summed E-state index contributed by atoms with van der Waals surface area (Å²) in [5, 5.41) is 9.66. The lowest BCUT2D eigenvalue weighted by Crippen LogP contribution is -2.37. The summed E-state index contributed by atoms with van der Waals surface area (Å²) >= 11 is 0. The Labute approximate surface area is 108 Å². The fourth-order valence-electron chi connectivity index (χ4n) is 1.49. The summed E-state index contributed by atoms with van der Waals surface area (Å²) in [4.78, 5) is 8.05. The zero-order valence-corrected chi connectivity index (χ0v) is 10.8. The lowest BCUT2D eigenvalue weighted by molar-refractivity contribution is -0.144. The highest BCUT2D eigenvalue weighted by atomic mass is 19.4. The van der Waals surface area contributed by atoms with Crippen molar-refractivity contribution in [2.45, 2.75) is 25.6 Å². The average Bonchev–Trinajstić information content (AvgIpc) is 2.25. The van der Waals surface area contributed by atoms with Crippen molar-refractivity contribution in [2.24, 2.45) is 5.84 Å². The molecule has 108 valence electrons. The molecule has 0 aromatic carbocycles. The van der Waals surface area contributed by atoms with Gasteiger partial charge in [0.15, 0.2) is 0 Å². The van der Waals surface area contributed by atoms with E-state index in [1.54, 1.807) is 0 Å². The summed E-state index contributed by atoms with van der Waals surface area (Å²) in [7, 11) is 1.51. The number of hydrazine groups is 1. The van der Waals surface area contributed by atoms with Gasteiger partial charge in [0.05, 0.1) is 5.60 Å². The molecule has 0 aliphatic heterocycles. The van der Waals surface area contributed by atoms with E-state index < -0.39 is 17.6 Å². The molecular weight excluding hydrogens is 263 g/mol. The van der Waals surface area contributed by atoms with Gasteiger partial charge in [-0.05, 0) is 13.8 Å². The summed E-state index contributed by atoms with van der Waals surface area (Å²) < 4.78 is 37.9. The van der Waals surface area contributed by atoms with Crippen LogP contribution in [0.2, 0.25) is 0 Å². The summed E-state index contributed by atoms with van der Waals surface area (Å²) in [5.41, 5.74) is 0.982. The van der Waals surface area contributed by atoms with Crippen LogP contribution in [-0.4, -0.2) is 34.3 Å². The van der Waals surface area contributed by atoms with E-state index in [9.17, 15) is 18.3 Å². The summed E-state index contributed by atoms with van der Waals surface area (Å²) in [5.74, 6) is 3.65. The highest BCUT2D eigenvalue weighted by molar-refractivity contribution is 5.48. The molecule has 0 saturated carbocycles. The molecule has 0 unspecified atom stereocenters. The maximum Gasteiger partial charge on any atom is 0.451 e. The normalized spacial score (nSPS) is 12.4. The van der Waals surface area contributed by atoms with Crippen molar-refractivity contribution < 1.29 is 18.3 Å². The van der Waals surface area contributed by atoms with Crippen LogP contribution in [0.25, 0.3) is 0 Å². The Kier molecular flexibility index (Phi) is 4.21. The Morgan fingerprint density at radius 3 is 2.37 bits per heavy atom. The maximum absolute atomic E-state index is 12.6. The average molecular weight is 279 g/mol. The number of aliphatic hydroxyl groups is 1. The number of nitrogens with two attached hydrogens (primary N) is 1. The van der Waals surface area contributed by atoms with Gasteiger partial charge in [0.25, 0.3) is 0 Å². The smallest absolute Gasteiger partial charge is 0.389 e. The molecular formula is C10H16F3N5O. The van der Waals surface area contributed by atoms with Gasteiger partial charge in [0, 0.05) is 19.7 Å². The second-order valence-corrected chi connectivity index (χ2v) is 4.75. The van der Waals surface area contributed by atoms with Crippen LogP contribution in [0.1, 0.15) is 19.7 Å². The first kappa shape index (κ1) is 15.4. The minimum atomic E-state index is -4.67. The molecule has 0 amide bonds. The van der Waals surface area contributed by atoms with Gasteiger partial charge in [-0.3, -0.25) is 0 Å². The van der Waals surface area contributed by atoms with Crippen molar-refractivity contribution in [3.63, 3.8) is 0 Å². The Morgan fingerprint density at radius 1 is 1.37 bits per heavy atom. The first-order valence-electron chi connectivity index (χ1n) is 5.39. The molecule has 19 heavy (non-hydrogen) atoms. The van der Waals surface area contributed by atoms with Crippen LogP contribution >= 0.6 is 0 Å². The summed E-state index contributed by atoms with van der Waals surface area (Å²) in [6, 6.07) is 1.26. The van der Waals surface area contributed by atoms with Crippen LogP contribution in [0, 0.1) is 0 Å². The Morgan fingerprint density at radius 2 is 1.95 bits per heavy atom. The number of hydrogen-bond donors (Lipinski definition) is 3. The van der Waals surface area contributed by atoms with Crippen LogP contribution in [0.4, 0.5) is 24.8 Å². The SMILES string of the molecule is CN(CC(C)(C)O)c1cc(NN)nc(C(F)(F)F)n1. The zero-order chi connectivity index (χ0) is 14.8. The number of nitrogens with zero attached hydrogens (tertiary/aromatic N) is 3. The van der Waals surface area contributed by atoms with E-state index >= 15 is 0 Å². The highest BCUT2D eigenvalue weighted by Crippen LogP contribution is 2.29. The lowest BCUT2D eigenvalue weighted by atomic mass is 10.1. The van der Waals surface area contributed by atoms with Gasteiger partial charge in [0.1, 0.15) is 11.6 Å². The number of rotatable bonds is 4. The van der Waals surface area contributed by atoms with Crippen molar-refractivity contribution in [2.75, 3.05) is 23.9 Å². The predicted molar refractivity (Wildman–Crippen MR) is 64.4 cm³/mol. The van der Waals surface area contributed by atoms with Gasteiger partial charge >= 0.3 is 6.18 Å². The molecule has 6 nitrogen and oxygen atoms in total. The van der Waals surface area contributed by atoms with Crippen LogP contribution in [0.5, 0.6) is 0 Å². The van der Waals surface area contributed by atoms with Crippen molar-refractivity contribution in [1.29, 1.82) is 0 Å². The van der Waals surface area contributed by atoms with Crippen molar-refractivity contribution in [3.05, 3.63) is 11.9 Å². The minimum Gasteiger partial charge on any atom is -0.389 e. The molecule has 1 aromatic rings. The molecule has 1 heterocycles. The Hall–Kier alpha value is -1.61. The number of likely N-dealkylation sites (N-methyl/N-ethyl adjacent to an activating group) is 1. The van der Waals surface area contributed by atoms with E-state index in [4.69, 9.17) is 5.84 Å². The van der Waals surface area contributed by atoms with E-state index in [2.05, 4.69) is 15.4 Å². The van der Waals surface area contributed by atoms with E-state index in [0.29, 0.717) is 0 Å². The van der Waals surface area contributed by atoms with Gasteiger partial charge in [-0.15, -0.1) is 0 Å². The standard InChI is InChI=1S/C10H16F3N5O/c1-9(2,19)5-18(3)7-4-6(17-14)15-8(16-7)10(11,12)13/h4,19H,5,14H2,1-3H3,(H,15,16,17). The fraction of sp³-hybridized carbons (Fsp3) is 0.600. The number of nitrogen functional groups attached to an aromatic ring is 1. The van der Waals surface area contributed by atoms with E-state index in [1.165, 1.54) is 31.9 Å². The first-order chi connectivity index (χ1) is 8.53. The highest BCUT2D eigenvalue weighted by Gasteiger charge is 2.36. The molecule has 0 aliphatic rings. The summed E-state index contributed by atoms with van der Waals surface area (Å²) in [6.07, 6.45) is -4.67. The second kappa shape index (κ2) is 5.17.